The zero-order valence-electron chi connectivity index (χ0n) is 14.6. The summed E-state index contributed by atoms with van der Waals surface area (Å²) in [7, 11) is 0. The number of unbranched alkanes of at least 4 members (excludes halogenated alkanes) is 3. The molecule has 0 aliphatic carbocycles. The molecule has 0 N–H and O–H groups in total. The van der Waals surface area contributed by atoms with E-state index in [1.54, 1.807) is 11.8 Å². The number of rotatable bonds is 10. The van der Waals surface area contributed by atoms with Gasteiger partial charge < -0.3 is 9.30 Å². The Morgan fingerprint density at radius 2 is 2.04 bits per heavy atom. The standard InChI is InChI=1S/C17H28N2O2S2/c1-5-19-12-14(4)15(22)18-17(19)23-11-9-7-6-8-10-21-16(20)13(2)3/h12-13H,5-11H2,1-4H3. The topological polar surface area (TPSA) is 44.1 Å². The van der Waals surface area contributed by atoms with Crippen molar-refractivity contribution in [2.75, 3.05) is 12.4 Å². The van der Waals surface area contributed by atoms with Gasteiger partial charge in [-0.1, -0.05) is 50.7 Å². The molecule has 23 heavy (non-hydrogen) atoms. The first-order valence-electron chi connectivity index (χ1n) is 8.33. The van der Waals surface area contributed by atoms with Gasteiger partial charge in [-0.25, -0.2) is 4.98 Å². The summed E-state index contributed by atoms with van der Waals surface area (Å²) in [5.74, 6) is 0.902. The van der Waals surface area contributed by atoms with Crippen molar-refractivity contribution in [3.8, 4) is 0 Å². The Hall–Kier alpha value is -0.880. The number of carbonyl (C=O) groups is 1. The van der Waals surface area contributed by atoms with Crippen LogP contribution in [0.3, 0.4) is 0 Å². The third-order valence-corrected chi connectivity index (χ3v) is 4.95. The minimum absolute atomic E-state index is 0.0343. The zero-order chi connectivity index (χ0) is 17.2. The molecule has 0 aliphatic heterocycles. The van der Waals surface area contributed by atoms with Crippen LogP contribution < -0.4 is 0 Å². The summed E-state index contributed by atoms with van der Waals surface area (Å²) < 4.78 is 8.02. The fourth-order valence-corrected chi connectivity index (χ4v) is 3.22. The fraction of sp³-hybridized carbons (Fsp3) is 0.706. The first-order chi connectivity index (χ1) is 11.0. The molecule has 0 bridgehead atoms. The largest absolute Gasteiger partial charge is 0.465 e. The van der Waals surface area contributed by atoms with E-state index in [0.717, 1.165) is 48.7 Å². The fourth-order valence-electron chi connectivity index (χ4n) is 1.99. The van der Waals surface area contributed by atoms with Crippen LogP contribution in [0.4, 0.5) is 0 Å². The highest BCUT2D eigenvalue weighted by Gasteiger charge is 2.07. The number of thioether (sulfide) groups is 1. The molecule has 0 atom stereocenters. The van der Waals surface area contributed by atoms with Crippen molar-refractivity contribution in [1.29, 1.82) is 0 Å². The number of aromatic nitrogens is 2. The molecule has 4 nitrogen and oxygen atoms in total. The third-order valence-electron chi connectivity index (χ3n) is 3.46. The first kappa shape index (κ1) is 20.2. The highest BCUT2D eigenvalue weighted by Crippen LogP contribution is 2.19. The Kier molecular flexibility index (Phi) is 9.48. The van der Waals surface area contributed by atoms with E-state index in [1.807, 2.05) is 20.8 Å². The van der Waals surface area contributed by atoms with Crippen LogP contribution in [0.5, 0.6) is 0 Å². The molecule has 1 aromatic rings. The van der Waals surface area contributed by atoms with Crippen LogP contribution in [-0.2, 0) is 16.1 Å². The van der Waals surface area contributed by atoms with Gasteiger partial charge in [-0.15, -0.1) is 0 Å². The Bertz CT molecular complexity index is 556. The van der Waals surface area contributed by atoms with Crippen molar-refractivity contribution in [3.05, 3.63) is 16.4 Å². The molecule has 0 saturated carbocycles. The molecule has 1 rings (SSSR count). The smallest absolute Gasteiger partial charge is 0.308 e. The predicted molar refractivity (Wildman–Crippen MR) is 98.5 cm³/mol. The van der Waals surface area contributed by atoms with Crippen LogP contribution in [0, 0.1) is 17.5 Å². The molecule has 1 aromatic heterocycles. The van der Waals surface area contributed by atoms with Crippen LogP contribution in [-0.4, -0.2) is 27.9 Å². The highest BCUT2D eigenvalue weighted by molar-refractivity contribution is 7.99. The summed E-state index contributed by atoms with van der Waals surface area (Å²) >= 11 is 7.02. The van der Waals surface area contributed by atoms with E-state index in [1.165, 1.54) is 0 Å². The van der Waals surface area contributed by atoms with Gasteiger partial charge in [0.1, 0.15) is 4.64 Å². The minimum atomic E-state index is -0.102. The SMILES string of the molecule is CCn1cc(C)c(=S)nc1SCCCCCCOC(=O)C(C)C. The van der Waals surface area contributed by atoms with Gasteiger partial charge in [0.25, 0.3) is 0 Å². The number of esters is 1. The Labute approximate surface area is 149 Å². The number of ether oxygens (including phenoxy) is 1. The lowest BCUT2D eigenvalue weighted by Gasteiger charge is -2.11. The second-order valence-electron chi connectivity index (χ2n) is 5.88. The number of hydrogen-bond donors (Lipinski definition) is 0. The number of nitrogens with zero attached hydrogens (tertiary/aromatic N) is 2. The van der Waals surface area contributed by atoms with Crippen LogP contribution in [0.1, 0.15) is 52.0 Å². The molecule has 0 fully saturated rings. The number of hydrogen-bond acceptors (Lipinski definition) is 5. The monoisotopic (exact) mass is 356 g/mol. The van der Waals surface area contributed by atoms with Crippen molar-refractivity contribution in [3.63, 3.8) is 0 Å². The molecule has 0 amide bonds. The third kappa shape index (κ3) is 7.48. The first-order valence-corrected chi connectivity index (χ1v) is 9.72. The van der Waals surface area contributed by atoms with Gasteiger partial charge in [0.15, 0.2) is 5.16 Å². The van der Waals surface area contributed by atoms with Crippen LogP contribution in [0.15, 0.2) is 11.4 Å². The molecule has 0 radical (unpaired) electrons. The summed E-state index contributed by atoms with van der Waals surface area (Å²) in [6.07, 6.45) is 6.39. The molecule has 0 aliphatic rings. The van der Waals surface area contributed by atoms with Crippen molar-refractivity contribution in [2.45, 2.75) is 65.1 Å². The molecule has 0 spiro atoms. The van der Waals surface area contributed by atoms with Gasteiger partial charge in [-0.2, -0.15) is 0 Å². The maximum absolute atomic E-state index is 11.3. The molecule has 6 heteroatoms. The molecule has 0 unspecified atom stereocenters. The van der Waals surface area contributed by atoms with Gasteiger partial charge in [0.05, 0.1) is 12.5 Å². The number of aryl methyl sites for hydroxylation is 2. The van der Waals surface area contributed by atoms with E-state index in [2.05, 4.69) is 22.7 Å². The van der Waals surface area contributed by atoms with Gasteiger partial charge in [-0.05, 0) is 26.7 Å². The maximum atomic E-state index is 11.3. The van der Waals surface area contributed by atoms with E-state index in [-0.39, 0.29) is 11.9 Å². The minimum Gasteiger partial charge on any atom is -0.465 e. The van der Waals surface area contributed by atoms with Gasteiger partial charge in [0.2, 0.25) is 0 Å². The van der Waals surface area contributed by atoms with E-state index in [4.69, 9.17) is 17.0 Å². The van der Waals surface area contributed by atoms with E-state index in [0.29, 0.717) is 11.2 Å². The maximum Gasteiger partial charge on any atom is 0.308 e. The molecular formula is C17H28N2O2S2. The van der Waals surface area contributed by atoms with Gasteiger partial charge >= 0.3 is 5.97 Å². The summed E-state index contributed by atoms with van der Waals surface area (Å²) in [4.78, 5) is 15.8. The van der Waals surface area contributed by atoms with Crippen molar-refractivity contribution in [1.82, 2.24) is 9.55 Å². The van der Waals surface area contributed by atoms with Crippen molar-refractivity contribution < 1.29 is 9.53 Å². The van der Waals surface area contributed by atoms with Gasteiger partial charge in [0, 0.05) is 24.1 Å². The Morgan fingerprint density at radius 1 is 1.35 bits per heavy atom. The molecule has 0 saturated heterocycles. The summed E-state index contributed by atoms with van der Waals surface area (Å²) in [6, 6.07) is 0. The summed E-state index contributed by atoms with van der Waals surface area (Å²) in [6.45, 7) is 9.28. The average molecular weight is 357 g/mol. The Morgan fingerprint density at radius 3 is 2.70 bits per heavy atom. The number of carbonyl (C=O) groups excluding carboxylic acids is 1. The van der Waals surface area contributed by atoms with E-state index in [9.17, 15) is 4.79 Å². The van der Waals surface area contributed by atoms with Crippen LogP contribution in [0.2, 0.25) is 0 Å². The normalized spacial score (nSPS) is 11.0. The average Bonchev–Trinajstić information content (AvgIpc) is 2.52. The van der Waals surface area contributed by atoms with Crippen molar-refractivity contribution in [2.24, 2.45) is 5.92 Å². The zero-order valence-corrected chi connectivity index (χ0v) is 16.3. The molecule has 1 heterocycles. The Balaban J connectivity index is 2.20. The molecule has 0 aromatic carbocycles. The van der Waals surface area contributed by atoms with Crippen LogP contribution >= 0.6 is 24.0 Å². The van der Waals surface area contributed by atoms with Gasteiger partial charge in [-0.3, -0.25) is 4.79 Å². The van der Waals surface area contributed by atoms with Crippen molar-refractivity contribution >= 4 is 29.9 Å². The predicted octanol–water partition coefficient (Wildman–Crippen LogP) is 4.79. The summed E-state index contributed by atoms with van der Waals surface area (Å²) in [5.41, 5.74) is 1.06. The summed E-state index contributed by atoms with van der Waals surface area (Å²) in [5, 5.41) is 1.01. The highest BCUT2D eigenvalue weighted by atomic mass is 32.2. The lowest BCUT2D eigenvalue weighted by atomic mass is 10.2. The second-order valence-corrected chi connectivity index (χ2v) is 7.33. The second kappa shape index (κ2) is 10.8. The molecular weight excluding hydrogens is 328 g/mol. The van der Waals surface area contributed by atoms with Crippen LogP contribution in [0.25, 0.3) is 0 Å². The van der Waals surface area contributed by atoms with E-state index < -0.39 is 0 Å². The quantitative estimate of drug-likeness (QED) is 0.198. The van der Waals surface area contributed by atoms with E-state index >= 15 is 0 Å². The lowest BCUT2D eigenvalue weighted by Crippen LogP contribution is -2.12. The lowest BCUT2D eigenvalue weighted by molar-refractivity contribution is -0.147. The molecule has 130 valence electrons.